The standard InChI is InChI=1S/C14H16NO2P/c1-12-8-6-7-11-14(12)15-18(2,16)17-13-9-4-3-5-10-13/h3-11H,1-2H3,(H,15,16). The molecule has 0 aliphatic rings. The van der Waals surface area contributed by atoms with E-state index in [0.717, 1.165) is 11.3 Å². The molecule has 4 heteroatoms. The molecule has 1 unspecified atom stereocenters. The smallest absolute Gasteiger partial charge is 0.338 e. The Morgan fingerprint density at radius 2 is 1.61 bits per heavy atom. The number of para-hydroxylation sites is 2. The Kier molecular flexibility index (Phi) is 3.73. The summed E-state index contributed by atoms with van der Waals surface area (Å²) in [5.41, 5.74) is 1.87. The Morgan fingerprint density at radius 3 is 2.28 bits per heavy atom. The van der Waals surface area contributed by atoms with Crippen molar-refractivity contribution in [3.63, 3.8) is 0 Å². The molecule has 0 aliphatic carbocycles. The van der Waals surface area contributed by atoms with Gasteiger partial charge in [-0.25, -0.2) is 0 Å². The summed E-state index contributed by atoms with van der Waals surface area (Å²) in [5, 5.41) is 2.97. The lowest BCUT2D eigenvalue weighted by Crippen LogP contribution is -2.03. The van der Waals surface area contributed by atoms with E-state index in [1.54, 1.807) is 18.8 Å². The summed E-state index contributed by atoms with van der Waals surface area (Å²) < 4.78 is 17.9. The lowest BCUT2D eigenvalue weighted by Gasteiger charge is -2.18. The van der Waals surface area contributed by atoms with Crippen LogP contribution in [0.3, 0.4) is 0 Å². The molecule has 18 heavy (non-hydrogen) atoms. The number of hydrogen-bond donors (Lipinski definition) is 1. The Bertz CT molecular complexity index is 569. The summed E-state index contributed by atoms with van der Waals surface area (Å²) in [6.07, 6.45) is 0. The fourth-order valence-electron chi connectivity index (χ4n) is 1.62. The molecule has 2 aromatic rings. The van der Waals surface area contributed by atoms with E-state index >= 15 is 0 Å². The molecule has 0 amide bonds. The third-order valence-electron chi connectivity index (χ3n) is 2.49. The van der Waals surface area contributed by atoms with Gasteiger partial charge in [-0.05, 0) is 30.7 Å². The van der Waals surface area contributed by atoms with Gasteiger partial charge in [0.15, 0.2) is 0 Å². The van der Waals surface area contributed by atoms with Crippen molar-refractivity contribution in [2.45, 2.75) is 6.92 Å². The average Bonchev–Trinajstić information content (AvgIpc) is 2.32. The number of hydrogen-bond acceptors (Lipinski definition) is 2. The summed E-state index contributed by atoms with van der Waals surface area (Å²) in [5.74, 6) is 0.601. The summed E-state index contributed by atoms with van der Waals surface area (Å²) in [7, 11) is -2.91. The van der Waals surface area contributed by atoms with Gasteiger partial charge in [0.05, 0.1) is 0 Å². The van der Waals surface area contributed by atoms with Gasteiger partial charge in [-0.2, -0.15) is 0 Å². The number of benzene rings is 2. The van der Waals surface area contributed by atoms with Crippen molar-refractivity contribution in [3.8, 4) is 5.75 Å². The molecule has 0 saturated heterocycles. The second-order valence-corrected chi connectivity index (χ2v) is 6.27. The van der Waals surface area contributed by atoms with Crippen LogP contribution in [-0.4, -0.2) is 6.66 Å². The zero-order valence-corrected chi connectivity index (χ0v) is 11.4. The number of aryl methyl sites for hydroxylation is 1. The molecule has 0 aliphatic heterocycles. The van der Waals surface area contributed by atoms with Crippen LogP contribution < -0.4 is 9.61 Å². The van der Waals surface area contributed by atoms with Crippen LogP contribution >= 0.6 is 7.52 Å². The SMILES string of the molecule is Cc1ccccc1NP(C)(=O)Oc1ccccc1. The Hall–Kier alpha value is -1.73. The molecule has 0 bridgehead atoms. The highest BCUT2D eigenvalue weighted by molar-refractivity contribution is 7.60. The lowest BCUT2D eigenvalue weighted by atomic mass is 10.2. The monoisotopic (exact) mass is 261 g/mol. The van der Waals surface area contributed by atoms with Crippen molar-refractivity contribution in [2.75, 3.05) is 11.8 Å². The molecule has 2 aromatic carbocycles. The lowest BCUT2D eigenvalue weighted by molar-refractivity contribution is 0.493. The minimum Gasteiger partial charge on any atom is -0.429 e. The van der Waals surface area contributed by atoms with Crippen LogP contribution in [-0.2, 0) is 4.57 Å². The van der Waals surface area contributed by atoms with Crippen LogP contribution in [0.2, 0.25) is 0 Å². The van der Waals surface area contributed by atoms with Gasteiger partial charge in [-0.3, -0.25) is 4.57 Å². The minimum absolute atomic E-state index is 0.601. The third-order valence-corrected chi connectivity index (χ3v) is 3.70. The van der Waals surface area contributed by atoms with Crippen LogP contribution in [0.5, 0.6) is 5.75 Å². The van der Waals surface area contributed by atoms with E-state index in [-0.39, 0.29) is 0 Å². The number of nitrogens with one attached hydrogen (secondary N) is 1. The Balaban J connectivity index is 2.13. The van der Waals surface area contributed by atoms with Crippen molar-refractivity contribution in [1.82, 2.24) is 0 Å². The maximum absolute atomic E-state index is 12.4. The highest BCUT2D eigenvalue weighted by Crippen LogP contribution is 2.43. The average molecular weight is 261 g/mol. The molecule has 0 spiro atoms. The van der Waals surface area contributed by atoms with Crippen molar-refractivity contribution >= 4 is 13.2 Å². The maximum Gasteiger partial charge on any atom is 0.338 e. The minimum atomic E-state index is -2.91. The van der Waals surface area contributed by atoms with E-state index in [9.17, 15) is 4.57 Å². The Morgan fingerprint density at radius 1 is 1.00 bits per heavy atom. The van der Waals surface area contributed by atoms with E-state index < -0.39 is 7.52 Å². The quantitative estimate of drug-likeness (QED) is 0.833. The predicted octanol–water partition coefficient (Wildman–Crippen LogP) is 4.31. The summed E-state index contributed by atoms with van der Waals surface area (Å²) in [6.45, 7) is 3.54. The maximum atomic E-state index is 12.4. The van der Waals surface area contributed by atoms with Gasteiger partial charge in [0.2, 0.25) is 0 Å². The van der Waals surface area contributed by atoms with Gasteiger partial charge in [0.25, 0.3) is 0 Å². The van der Waals surface area contributed by atoms with Crippen LogP contribution in [0.15, 0.2) is 54.6 Å². The molecule has 2 rings (SSSR count). The molecule has 3 nitrogen and oxygen atoms in total. The van der Waals surface area contributed by atoms with Crippen LogP contribution in [0.4, 0.5) is 5.69 Å². The first kappa shape index (κ1) is 12.7. The molecule has 0 aromatic heterocycles. The van der Waals surface area contributed by atoms with Crippen LogP contribution in [0, 0.1) is 6.92 Å². The third kappa shape index (κ3) is 3.38. The van der Waals surface area contributed by atoms with Gasteiger partial charge >= 0.3 is 7.52 Å². The van der Waals surface area contributed by atoms with E-state index in [1.807, 2.05) is 49.4 Å². The molecule has 0 saturated carbocycles. The van der Waals surface area contributed by atoms with Crippen molar-refractivity contribution in [2.24, 2.45) is 0 Å². The van der Waals surface area contributed by atoms with E-state index in [1.165, 1.54) is 0 Å². The van der Waals surface area contributed by atoms with E-state index in [0.29, 0.717) is 5.75 Å². The van der Waals surface area contributed by atoms with Crippen molar-refractivity contribution in [1.29, 1.82) is 0 Å². The highest BCUT2D eigenvalue weighted by Gasteiger charge is 2.17. The topological polar surface area (TPSA) is 38.3 Å². The molecular formula is C14H16NO2P. The first-order chi connectivity index (χ1) is 8.57. The zero-order valence-electron chi connectivity index (χ0n) is 10.5. The summed E-state index contributed by atoms with van der Waals surface area (Å²) in [4.78, 5) is 0. The number of rotatable bonds is 4. The van der Waals surface area contributed by atoms with Gasteiger partial charge in [0.1, 0.15) is 5.75 Å². The van der Waals surface area contributed by atoms with E-state index in [2.05, 4.69) is 5.09 Å². The predicted molar refractivity (Wildman–Crippen MR) is 75.4 cm³/mol. The molecule has 1 atom stereocenters. The fourth-order valence-corrected chi connectivity index (χ4v) is 2.88. The number of anilines is 1. The van der Waals surface area contributed by atoms with Gasteiger partial charge in [0, 0.05) is 12.4 Å². The van der Waals surface area contributed by atoms with Gasteiger partial charge in [-0.1, -0.05) is 36.4 Å². The molecular weight excluding hydrogens is 245 g/mol. The summed E-state index contributed by atoms with van der Waals surface area (Å²) >= 11 is 0. The Labute approximate surface area is 107 Å². The molecule has 0 heterocycles. The largest absolute Gasteiger partial charge is 0.429 e. The second kappa shape index (κ2) is 5.28. The van der Waals surface area contributed by atoms with E-state index in [4.69, 9.17) is 4.52 Å². The van der Waals surface area contributed by atoms with Gasteiger partial charge in [-0.15, -0.1) is 0 Å². The second-order valence-electron chi connectivity index (χ2n) is 4.18. The molecule has 94 valence electrons. The van der Waals surface area contributed by atoms with Crippen molar-refractivity contribution in [3.05, 3.63) is 60.2 Å². The van der Waals surface area contributed by atoms with Crippen LogP contribution in [0.1, 0.15) is 5.56 Å². The molecule has 0 fully saturated rings. The van der Waals surface area contributed by atoms with Gasteiger partial charge < -0.3 is 9.61 Å². The normalized spacial score (nSPS) is 13.7. The highest BCUT2D eigenvalue weighted by atomic mass is 31.2. The van der Waals surface area contributed by atoms with Crippen molar-refractivity contribution < 1.29 is 9.09 Å². The fraction of sp³-hybridized carbons (Fsp3) is 0.143. The summed E-state index contributed by atoms with van der Waals surface area (Å²) in [6, 6.07) is 16.9. The van der Waals surface area contributed by atoms with Crippen LogP contribution in [0.25, 0.3) is 0 Å². The molecule has 1 N–H and O–H groups in total. The molecule has 0 radical (unpaired) electrons. The zero-order chi connectivity index (χ0) is 13.0. The first-order valence-electron chi connectivity index (χ1n) is 5.73. The first-order valence-corrected chi connectivity index (χ1v) is 7.80.